The van der Waals surface area contributed by atoms with Gasteiger partial charge in [-0.1, -0.05) is 13.8 Å². The van der Waals surface area contributed by atoms with E-state index in [1.807, 2.05) is 13.8 Å². The van der Waals surface area contributed by atoms with Crippen molar-refractivity contribution in [1.29, 1.82) is 0 Å². The third-order valence-corrected chi connectivity index (χ3v) is 3.76. The molecule has 1 fully saturated rings. The molecule has 1 aliphatic heterocycles. The van der Waals surface area contributed by atoms with Gasteiger partial charge in [0.1, 0.15) is 0 Å². The lowest BCUT2D eigenvalue weighted by Crippen LogP contribution is -2.38. The monoisotopic (exact) mass is 206 g/mol. The van der Waals surface area contributed by atoms with Gasteiger partial charge in [-0.3, -0.25) is 0 Å². The normalized spacial score (nSPS) is 24.1. The molecule has 4 nitrogen and oxygen atoms in total. The van der Waals surface area contributed by atoms with Crippen LogP contribution in [-0.2, 0) is 10.0 Å². The van der Waals surface area contributed by atoms with E-state index in [9.17, 15) is 8.42 Å². The van der Waals surface area contributed by atoms with Crippen molar-refractivity contribution in [3.05, 3.63) is 0 Å². The summed E-state index contributed by atoms with van der Waals surface area (Å²) >= 11 is 0. The van der Waals surface area contributed by atoms with Crippen LogP contribution >= 0.6 is 0 Å². The molecule has 0 aromatic rings. The highest BCUT2D eigenvalue weighted by molar-refractivity contribution is 7.89. The summed E-state index contributed by atoms with van der Waals surface area (Å²) in [4.78, 5) is 0. The van der Waals surface area contributed by atoms with Crippen molar-refractivity contribution < 1.29 is 8.42 Å². The number of rotatable bonds is 4. The molecule has 1 saturated heterocycles. The zero-order chi connectivity index (χ0) is 9.90. The molecule has 0 amide bonds. The smallest absolute Gasteiger partial charge is 0.212 e. The summed E-state index contributed by atoms with van der Waals surface area (Å²) < 4.78 is 25.6. The third kappa shape index (κ3) is 4.06. The predicted molar refractivity (Wildman–Crippen MR) is 53.0 cm³/mol. The van der Waals surface area contributed by atoms with E-state index in [1.165, 1.54) is 0 Å². The first-order chi connectivity index (χ1) is 5.99. The lowest BCUT2D eigenvalue weighted by molar-refractivity contribution is 0.549. The van der Waals surface area contributed by atoms with Crippen LogP contribution in [0.15, 0.2) is 0 Å². The maximum Gasteiger partial charge on any atom is 0.212 e. The predicted octanol–water partition coefficient (Wildman–Crippen LogP) is -0.0763. The fourth-order valence-corrected chi connectivity index (χ4v) is 3.18. The van der Waals surface area contributed by atoms with Gasteiger partial charge in [0.15, 0.2) is 0 Å². The second kappa shape index (κ2) is 4.39. The van der Waals surface area contributed by atoms with E-state index in [0.717, 1.165) is 19.5 Å². The van der Waals surface area contributed by atoms with Gasteiger partial charge in [0.25, 0.3) is 0 Å². The molecule has 1 heterocycles. The molecule has 0 aromatic heterocycles. The molecule has 1 aliphatic rings. The van der Waals surface area contributed by atoms with Crippen molar-refractivity contribution in [3.8, 4) is 0 Å². The van der Waals surface area contributed by atoms with Gasteiger partial charge in [-0.05, 0) is 18.9 Å². The molecule has 1 atom stereocenters. The summed E-state index contributed by atoms with van der Waals surface area (Å²) in [5, 5.41) is 3.12. The molecule has 2 N–H and O–H groups in total. The Hall–Kier alpha value is -0.130. The van der Waals surface area contributed by atoms with Gasteiger partial charge in [-0.15, -0.1) is 0 Å². The van der Waals surface area contributed by atoms with Crippen LogP contribution in [0.1, 0.15) is 20.3 Å². The highest BCUT2D eigenvalue weighted by Crippen LogP contribution is 2.03. The van der Waals surface area contributed by atoms with Crippen LogP contribution in [0.25, 0.3) is 0 Å². The minimum Gasteiger partial charge on any atom is -0.315 e. The quantitative estimate of drug-likeness (QED) is 0.676. The maximum absolute atomic E-state index is 11.5. The molecule has 78 valence electrons. The molecule has 0 aromatic carbocycles. The van der Waals surface area contributed by atoms with Gasteiger partial charge in [-0.25, -0.2) is 13.1 Å². The van der Waals surface area contributed by atoms with E-state index >= 15 is 0 Å². The second-order valence-electron chi connectivity index (χ2n) is 3.98. The third-order valence-electron chi connectivity index (χ3n) is 1.96. The Labute approximate surface area is 80.1 Å². The van der Waals surface area contributed by atoms with Crippen LogP contribution in [-0.4, -0.2) is 33.3 Å². The minimum atomic E-state index is -3.05. The van der Waals surface area contributed by atoms with Crippen molar-refractivity contribution in [2.24, 2.45) is 5.92 Å². The van der Waals surface area contributed by atoms with E-state index < -0.39 is 10.0 Å². The lowest BCUT2D eigenvalue weighted by atomic mass is 10.3. The summed E-state index contributed by atoms with van der Waals surface area (Å²) in [7, 11) is -3.05. The first kappa shape index (κ1) is 10.9. The van der Waals surface area contributed by atoms with E-state index in [-0.39, 0.29) is 17.7 Å². The highest BCUT2D eigenvalue weighted by atomic mass is 32.2. The summed E-state index contributed by atoms with van der Waals surface area (Å²) in [6, 6.07) is 0.101. The average Bonchev–Trinajstić information content (AvgIpc) is 2.34. The standard InChI is InChI=1S/C8H18N2O2S/c1-7(2)6-13(11,12)10-8-3-4-9-5-8/h7-10H,3-6H2,1-2H3/t8-/m0/s1. The van der Waals surface area contributed by atoms with Gasteiger partial charge in [0.2, 0.25) is 10.0 Å². The molecular weight excluding hydrogens is 188 g/mol. The van der Waals surface area contributed by atoms with Crippen LogP contribution in [0.3, 0.4) is 0 Å². The van der Waals surface area contributed by atoms with Gasteiger partial charge in [-0.2, -0.15) is 0 Å². The molecule has 1 rings (SSSR count). The van der Waals surface area contributed by atoms with Gasteiger partial charge in [0.05, 0.1) is 5.75 Å². The second-order valence-corrected chi connectivity index (χ2v) is 5.78. The van der Waals surface area contributed by atoms with E-state index in [1.54, 1.807) is 0 Å². The van der Waals surface area contributed by atoms with Crippen molar-refractivity contribution in [2.45, 2.75) is 26.3 Å². The number of nitrogens with one attached hydrogen (secondary N) is 2. The topological polar surface area (TPSA) is 58.2 Å². The Bertz CT molecular complexity index is 243. The first-order valence-electron chi connectivity index (χ1n) is 4.70. The zero-order valence-corrected chi connectivity index (χ0v) is 9.02. The number of hydrogen-bond donors (Lipinski definition) is 2. The molecule has 0 radical (unpaired) electrons. The molecule has 0 bridgehead atoms. The fourth-order valence-electron chi connectivity index (χ4n) is 1.50. The molecule has 13 heavy (non-hydrogen) atoms. The maximum atomic E-state index is 11.5. The van der Waals surface area contributed by atoms with Gasteiger partial charge < -0.3 is 5.32 Å². The molecule has 0 spiro atoms. The fraction of sp³-hybridized carbons (Fsp3) is 1.00. The molecule has 0 aliphatic carbocycles. The van der Waals surface area contributed by atoms with Crippen LogP contribution < -0.4 is 10.0 Å². The Morgan fingerprint density at radius 3 is 2.69 bits per heavy atom. The lowest BCUT2D eigenvalue weighted by Gasteiger charge is -2.13. The molecule has 5 heteroatoms. The number of hydrogen-bond acceptors (Lipinski definition) is 3. The van der Waals surface area contributed by atoms with Crippen molar-refractivity contribution >= 4 is 10.0 Å². The number of sulfonamides is 1. The van der Waals surface area contributed by atoms with Crippen LogP contribution in [0, 0.1) is 5.92 Å². The van der Waals surface area contributed by atoms with E-state index in [2.05, 4.69) is 10.0 Å². The molecule has 0 unspecified atom stereocenters. The molecular formula is C8H18N2O2S. The molecule has 0 saturated carbocycles. The van der Waals surface area contributed by atoms with Crippen LogP contribution in [0.4, 0.5) is 0 Å². The van der Waals surface area contributed by atoms with Crippen LogP contribution in [0.2, 0.25) is 0 Å². The average molecular weight is 206 g/mol. The Kier molecular flexibility index (Phi) is 3.70. The van der Waals surface area contributed by atoms with Crippen molar-refractivity contribution in [1.82, 2.24) is 10.0 Å². The summed E-state index contributed by atoms with van der Waals surface area (Å²) in [5.74, 6) is 0.413. The van der Waals surface area contributed by atoms with Gasteiger partial charge >= 0.3 is 0 Å². The summed E-state index contributed by atoms with van der Waals surface area (Å²) in [5.41, 5.74) is 0. The highest BCUT2D eigenvalue weighted by Gasteiger charge is 2.21. The largest absolute Gasteiger partial charge is 0.315 e. The Balaban J connectivity index is 2.41. The first-order valence-corrected chi connectivity index (χ1v) is 6.35. The van der Waals surface area contributed by atoms with Crippen molar-refractivity contribution in [2.75, 3.05) is 18.8 Å². The summed E-state index contributed by atoms with van der Waals surface area (Å²) in [6.07, 6.45) is 0.900. The Morgan fingerprint density at radius 2 is 2.23 bits per heavy atom. The zero-order valence-electron chi connectivity index (χ0n) is 8.21. The van der Waals surface area contributed by atoms with E-state index in [4.69, 9.17) is 0 Å². The minimum absolute atomic E-state index is 0.101. The van der Waals surface area contributed by atoms with Crippen molar-refractivity contribution in [3.63, 3.8) is 0 Å². The summed E-state index contributed by atoms with van der Waals surface area (Å²) in [6.45, 7) is 5.49. The van der Waals surface area contributed by atoms with Gasteiger partial charge in [0, 0.05) is 12.6 Å². The SMILES string of the molecule is CC(C)CS(=O)(=O)N[C@H]1CCNC1. The Morgan fingerprint density at radius 1 is 1.54 bits per heavy atom. The van der Waals surface area contributed by atoms with Crippen LogP contribution in [0.5, 0.6) is 0 Å². The van der Waals surface area contributed by atoms with E-state index in [0.29, 0.717) is 0 Å².